The van der Waals surface area contributed by atoms with E-state index < -0.39 is 0 Å². The summed E-state index contributed by atoms with van der Waals surface area (Å²) in [5.41, 5.74) is 1.71. The van der Waals surface area contributed by atoms with Gasteiger partial charge in [-0.1, -0.05) is 32.0 Å². The molecule has 0 aliphatic carbocycles. The number of carbonyl (C=O) groups excluding carboxylic acids is 1. The molecule has 0 saturated heterocycles. The number of benzene rings is 1. The fraction of sp³-hybridized carbons (Fsp3) is 0.400. The monoisotopic (exact) mass is 328 g/mol. The van der Waals surface area contributed by atoms with Crippen LogP contribution in [0.5, 0.6) is 0 Å². The van der Waals surface area contributed by atoms with Gasteiger partial charge < -0.3 is 4.90 Å². The number of pyridine rings is 1. The van der Waals surface area contributed by atoms with Crippen molar-refractivity contribution in [2.45, 2.75) is 39.0 Å². The summed E-state index contributed by atoms with van der Waals surface area (Å²) < 4.78 is 13.3. The third kappa shape index (κ3) is 4.88. The Kier molecular flexibility index (Phi) is 6.91. The van der Waals surface area contributed by atoms with Crippen LogP contribution in [0.2, 0.25) is 0 Å². The van der Waals surface area contributed by atoms with Gasteiger partial charge in [-0.25, -0.2) is 4.39 Å². The van der Waals surface area contributed by atoms with Crippen molar-refractivity contribution in [1.82, 2.24) is 9.88 Å². The van der Waals surface area contributed by atoms with Crippen LogP contribution in [0.3, 0.4) is 0 Å². The zero-order valence-electron chi connectivity index (χ0n) is 14.4. The summed E-state index contributed by atoms with van der Waals surface area (Å²) in [6.45, 7) is 5.63. The molecule has 0 fully saturated rings. The predicted molar refractivity (Wildman–Crippen MR) is 94.2 cm³/mol. The van der Waals surface area contributed by atoms with Gasteiger partial charge in [0.2, 0.25) is 5.91 Å². The third-order valence-corrected chi connectivity index (χ3v) is 4.01. The van der Waals surface area contributed by atoms with E-state index in [0.29, 0.717) is 6.42 Å². The molecule has 0 radical (unpaired) electrons. The average Bonchev–Trinajstić information content (AvgIpc) is 2.61. The minimum Gasteiger partial charge on any atom is -0.342 e. The molecule has 0 aliphatic heterocycles. The largest absolute Gasteiger partial charge is 0.342 e. The summed E-state index contributed by atoms with van der Waals surface area (Å²) in [6.07, 6.45) is 4.10. The molecule has 3 nitrogen and oxygen atoms in total. The maximum absolute atomic E-state index is 13.3. The van der Waals surface area contributed by atoms with Crippen LogP contribution in [0.4, 0.5) is 4.39 Å². The third-order valence-electron chi connectivity index (χ3n) is 4.01. The smallest absolute Gasteiger partial charge is 0.230 e. The standard InChI is InChI=1S/C20H25FN2O/c1-3-13-23(14-4-2)20(24)19(15-18-7-5-6-12-22-18)16-8-10-17(21)11-9-16/h5-12,19H,3-4,13-15H2,1-2H3. The first kappa shape index (κ1) is 18.1. The lowest BCUT2D eigenvalue weighted by molar-refractivity contribution is -0.133. The summed E-state index contributed by atoms with van der Waals surface area (Å²) in [4.78, 5) is 19.4. The van der Waals surface area contributed by atoms with Gasteiger partial charge in [-0.15, -0.1) is 0 Å². The Labute approximate surface area is 143 Å². The second kappa shape index (κ2) is 9.16. The molecule has 1 amide bonds. The van der Waals surface area contributed by atoms with Crippen LogP contribution < -0.4 is 0 Å². The van der Waals surface area contributed by atoms with Crippen LogP contribution in [0.1, 0.15) is 43.9 Å². The van der Waals surface area contributed by atoms with E-state index >= 15 is 0 Å². The molecular weight excluding hydrogens is 303 g/mol. The van der Waals surface area contributed by atoms with Crippen molar-refractivity contribution in [2.75, 3.05) is 13.1 Å². The van der Waals surface area contributed by atoms with Gasteiger partial charge in [-0.3, -0.25) is 9.78 Å². The second-order valence-corrected chi connectivity index (χ2v) is 5.95. The molecule has 1 aromatic heterocycles. The van der Waals surface area contributed by atoms with Gasteiger partial charge in [0.05, 0.1) is 5.92 Å². The molecule has 2 rings (SSSR count). The number of rotatable bonds is 8. The van der Waals surface area contributed by atoms with Crippen molar-refractivity contribution in [1.29, 1.82) is 0 Å². The maximum atomic E-state index is 13.3. The summed E-state index contributed by atoms with van der Waals surface area (Å²) in [5.74, 6) is -0.531. The Hall–Kier alpha value is -2.23. The van der Waals surface area contributed by atoms with Crippen molar-refractivity contribution >= 4 is 5.91 Å². The quantitative estimate of drug-likeness (QED) is 0.728. The van der Waals surface area contributed by atoms with E-state index in [4.69, 9.17) is 0 Å². The van der Waals surface area contributed by atoms with E-state index in [1.54, 1.807) is 18.3 Å². The summed E-state index contributed by atoms with van der Waals surface area (Å²) in [5, 5.41) is 0. The first-order valence-electron chi connectivity index (χ1n) is 8.59. The molecule has 4 heteroatoms. The zero-order valence-corrected chi connectivity index (χ0v) is 14.4. The van der Waals surface area contributed by atoms with Crippen LogP contribution in [0.25, 0.3) is 0 Å². The van der Waals surface area contributed by atoms with Gasteiger partial charge in [-0.05, 0) is 42.7 Å². The van der Waals surface area contributed by atoms with Crippen LogP contribution in [0, 0.1) is 5.82 Å². The Morgan fingerprint density at radius 3 is 2.29 bits per heavy atom. The molecule has 1 unspecified atom stereocenters. The Morgan fingerprint density at radius 1 is 1.08 bits per heavy atom. The summed E-state index contributed by atoms with van der Waals surface area (Å²) >= 11 is 0. The molecule has 0 aliphatic rings. The van der Waals surface area contributed by atoms with Crippen LogP contribution >= 0.6 is 0 Å². The van der Waals surface area contributed by atoms with Gasteiger partial charge in [-0.2, -0.15) is 0 Å². The van der Waals surface area contributed by atoms with E-state index in [2.05, 4.69) is 18.8 Å². The highest BCUT2D eigenvalue weighted by atomic mass is 19.1. The minimum atomic E-state index is -0.335. The van der Waals surface area contributed by atoms with Crippen molar-refractivity contribution in [3.05, 3.63) is 65.7 Å². The Morgan fingerprint density at radius 2 is 1.75 bits per heavy atom. The van der Waals surface area contributed by atoms with Gasteiger partial charge in [0.15, 0.2) is 0 Å². The molecule has 0 N–H and O–H groups in total. The zero-order chi connectivity index (χ0) is 17.4. The number of hydrogen-bond donors (Lipinski definition) is 0. The van der Waals surface area contributed by atoms with Crippen molar-refractivity contribution in [3.63, 3.8) is 0 Å². The fourth-order valence-corrected chi connectivity index (χ4v) is 2.86. The lowest BCUT2D eigenvalue weighted by Gasteiger charge is -2.27. The normalized spacial score (nSPS) is 12.0. The first-order chi connectivity index (χ1) is 11.7. The molecule has 1 aromatic carbocycles. The number of amides is 1. The van der Waals surface area contributed by atoms with Gasteiger partial charge in [0.25, 0.3) is 0 Å². The molecule has 128 valence electrons. The SMILES string of the molecule is CCCN(CCC)C(=O)C(Cc1ccccn1)c1ccc(F)cc1. The van der Waals surface area contributed by atoms with Crippen molar-refractivity contribution in [2.24, 2.45) is 0 Å². The fourth-order valence-electron chi connectivity index (χ4n) is 2.86. The average molecular weight is 328 g/mol. The van der Waals surface area contributed by atoms with Crippen LogP contribution in [-0.4, -0.2) is 28.9 Å². The minimum absolute atomic E-state index is 0.0935. The maximum Gasteiger partial charge on any atom is 0.230 e. The lowest BCUT2D eigenvalue weighted by atomic mass is 9.92. The van der Waals surface area contributed by atoms with Gasteiger partial charge in [0, 0.05) is 31.4 Å². The van der Waals surface area contributed by atoms with Gasteiger partial charge >= 0.3 is 0 Å². The molecular formula is C20H25FN2O. The topological polar surface area (TPSA) is 33.2 Å². The van der Waals surface area contributed by atoms with E-state index in [1.807, 2.05) is 23.1 Å². The highest BCUT2D eigenvalue weighted by Gasteiger charge is 2.26. The number of halogens is 1. The highest BCUT2D eigenvalue weighted by Crippen LogP contribution is 2.23. The summed E-state index contributed by atoms with van der Waals surface area (Å²) in [6, 6.07) is 11.9. The Bertz CT molecular complexity index is 622. The van der Waals surface area contributed by atoms with Crippen LogP contribution in [0.15, 0.2) is 48.7 Å². The molecule has 1 heterocycles. The van der Waals surface area contributed by atoms with E-state index in [1.165, 1.54) is 12.1 Å². The molecule has 24 heavy (non-hydrogen) atoms. The highest BCUT2D eigenvalue weighted by molar-refractivity contribution is 5.84. The summed E-state index contributed by atoms with van der Waals surface area (Å²) in [7, 11) is 0. The number of hydrogen-bond acceptors (Lipinski definition) is 2. The molecule has 0 bridgehead atoms. The Balaban J connectivity index is 2.30. The predicted octanol–water partition coefficient (Wildman–Crippen LogP) is 4.20. The van der Waals surface area contributed by atoms with Gasteiger partial charge in [0.1, 0.15) is 5.82 Å². The molecule has 0 saturated carbocycles. The molecule has 2 aromatic rings. The molecule has 1 atom stereocenters. The van der Waals surface area contributed by atoms with E-state index in [0.717, 1.165) is 37.2 Å². The second-order valence-electron chi connectivity index (χ2n) is 5.95. The van der Waals surface area contributed by atoms with Crippen molar-refractivity contribution in [3.8, 4) is 0 Å². The lowest BCUT2D eigenvalue weighted by Crippen LogP contribution is -2.37. The molecule has 0 spiro atoms. The number of aromatic nitrogens is 1. The van der Waals surface area contributed by atoms with Crippen molar-refractivity contribution < 1.29 is 9.18 Å². The number of nitrogens with zero attached hydrogens (tertiary/aromatic N) is 2. The van der Waals surface area contributed by atoms with E-state index in [-0.39, 0.29) is 17.6 Å². The van der Waals surface area contributed by atoms with Crippen LogP contribution in [-0.2, 0) is 11.2 Å². The first-order valence-corrected chi connectivity index (χ1v) is 8.59. The van der Waals surface area contributed by atoms with E-state index in [9.17, 15) is 9.18 Å². The number of carbonyl (C=O) groups is 1.